The summed E-state index contributed by atoms with van der Waals surface area (Å²) in [6.45, 7) is 3.40. The van der Waals surface area contributed by atoms with Crippen molar-refractivity contribution in [1.29, 1.82) is 0 Å². The van der Waals surface area contributed by atoms with Crippen LogP contribution in [0.1, 0.15) is 19.0 Å². The third kappa shape index (κ3) is 3.76. The van der Waals surface area contributed by atoms with Crippen molar-refractivity contribution in [3.05, 3.63) is 42.1 Å². The van der Waals surface area contributed by atoms with Crippen LogP contribution in [0.15, 0.2) is 36.4 Å². The van der Waals surface area contributed by atoms with Gasteiger partial charge in [0.1, 0.15) is 0 Å². The Hall–Kier alpha value is -1.49. The Morgan fingerprint density at radius 3 is 2.80 bits per heavy atom. The molecule has 1 unspecified atom stereocenters. The first kappa shape index (κ1) is 14.9. The Labute approximate surface area is 119 Å². The lowest BCUT2D eigenvalue weighted by molar-refractivity contribution is 0.0967. The summed E-state index contributed by atoms with van der Waals surface area (Å²) in [5.74, 6) is 0. The third-order valence-electron chi connectivity index (χ3n) is 3.48. The molecule has 4 nitrogen and oxygen atoms in total. The van der Waals surface area contributed by atoms with E-state index in [1.54, 1.807) is 7.11 Å². The Bertz CT molecular complexity index is 551. The number of hydrogen-bond acceptors (Lipinski definition) is 4. The van der Waals surface area contributed by atoms with Crippen LogP contribution in [0.4, 0.5) is 0 Å². The van der Waals surface area contributed by atoms with Crippen molar-refractivity contribution in [2.75, 3.05) is 20.3 Å². The lowest BCUT2D eigenvalue weighted by atomic mass is 9.99. The minimum Gasteiger partial charge on any atom is -0.396 e. The van der Waals surface area contributed by atoms with Crippen LogP contribution in [0.25, 0.3) is 10.9 Å². The van der Waals surface area contributed by atoms with E-state index >= 15 is 0 Å². The molecular weight excluding hydrogens is 252 g/mol. The lowest BCUT2D eigenvalue weighted by Gasteiger charge is -2.29. The highest BCUT2D eigenvalue weighted by atomic mass is 16.5. The van der Waals surface area contributed by atoms with Crippen LogP contribution in [0, 0.1) is 0 Å². The highest BCUT2D eigenvalue weighted by Crippen LogP contribution is 2.14. The average Bonchev–Trinajstić information content (AvgIpc) is 2.46. The Kier molecular flexibility index (Phi) is 5.06. The zero-order chi connectivity index (χ0) is 14.4. The van der Waals surface area contributed by atoms with Gasteiger partial charge in [-0.1, -0.05) is 24.3 Å². The molecule has 1 heterocycles. The van der Waals surface area contributed by atoms with E-state index in [1.165, 1.54) is 0 Å². The van der Waals surface area contributed by atoms with Crippen LogP contribution < -0.4 is 5.32 Å². The maximum atomic E-state index is 9.16. The molecule has 0 saturated heterocycles. The fourth-order valence-electron chi connectivity index (χ4n) is 2.29. The number of aliphatic hydroxyl groups excluding tert-OH is 1. The second-order valence-electron chi connectivity index (χ2n) is 5.32. The number of hydrogen-bond donors (Lipinski definition) is 2. The van der Waals surface area contributed by atoms with Gasteiger partial charge >= 0.3 is 0 Å². The smallest absolute Gasteiger partial charge is 0.0705 e. The van der Waals surface area contributed by atoms with Crippen molar-refractivity contribution in [2.45, 2.75) is 25.4 Å². The first-order valence-electron chi connectivity index (χ1n) is 6.86. The van der Waals surface area contributed by atoms with Gasteiger partial charge in [-0.3, -0.25) is 4.98 Å². The number of nitrogens with zero attached hydrogens (tertiary/aromatic N) is 1. The molecule has 1 atom stereocenters. The molecule has 0 aliphatic heterocycles. The molecule has 108 valence electrons. The standard InChI is InChI=1S/C16H22N2O2/c1-16(9-10-19,12-20-2)17-11-14-8-7-13-5-3-4-6-15(13)18-14/h3-8,17,19H,9-12H2,1-2H3. The number of benzene rings is 1. The summed E-state index contributed by atoms with van der Waals surface area (Å²) in [6.07, 6.45) is 0.647. The summed E-state index contributed by atoms with van der Waals surface area (Å²) in [5.41, 5.74) is 1.75. The fourth-order valence-corrected chi connectivity index (χ4v) is 2.29. The summed E-state index contributed by atoms with van der Waals surface area (Å²) in [4.78, 5) is 4.63. The molecule has 2 N–H and O–H groups in total. The summed E-state index contributed by atoms with van der Waals surface area (Å²) in [7, 11) is 1.67. The molecular formula is C16H22N2O2. The predicted molar refractivity (Wildman–Crippen MR) is 80.6 cm³/mol. The van der Waals surface area contributed by atoms with E-state index in [4.69, 9.17) is 9.84 Å². The highest BCUT2D eigenvalue weighted by Gasteiger charge is 2.22. The number of para-hydroxylation sites is 1. The Balaban J connectivity index is 2.07. The summed E-state index contributed by atoms with van der Waals surface area (Å²) >= 11 is 0. The van der Waals surface area contributed by atoms with Gasteiger partial charge in [0, 0.05) is 31.2 Å². The van der Waals surface area contributed by atoms with Crippen molar-refractivity contribution in [2.24, 2.45) is 0 Å². The van der Waals surface area contributed by atoms with Crippen LogP contribution in [0.3, 0.4) is 0 Å². The number of nitrogens with one attached hydrogen (secondary N) is 1. The lowest BCUT2D eigenvalue weighted by Crippen LogP contribution is -2.46. The van der Waals surface area contributed by atoms with Crippen LogP contribution in [0.2, 0.25) is 0 Å². The van der Waals surface area contributed by atoms with E-state index in [1.807, 2.05) is 31.2 Å². The summed E-state index contributed by atoms with van der Waals surface area (Å²) in [6, 6.07) is 12.2. The molecule has 4 heteroatoms. The van der Waals surface area contributed by atoms with Gasteiger partial charge in [0.05, 0.1) is 17.8 Å². The van der Waals surface area contributed by atoms with Gasteiger partial charge in [0.2, 0.25) is 0 Å². The highest BCUT2D eigenvalue weighted by molar-refractivity contribution is 5.78. The van der Waals surface area contributed by atoms with Crippen LogP contribution in [-0.2, 0) is 11.3 Å². The molecule has 0 spiro atoms. The molecule has 0 radical (unpaired) electrons. The molecule has 0 bridgehead atoms. The minimum absolute atomic E-state index is 0.137. The normalized spacial score (nSPS) is 14.3. The van der Waals surface area contributed by atoms with Gasteiger partial charge in [-0.15, -0.1) is 0 Å². The average molecular weight is 274 g/mol. The number of aromatic nitrogens is 1. The molecule has 0 amide bonds. The van der Waals surface area contributed by atoms with Crippen molar-refractivity contribution in [3.63, 3.8) is 0 Å². The van der Waals surface area contributed by atoms with Gasteiger partial charge in [-0.25, -0.2) is 0 Å². The van der Waals surface area contributed by atoms with E-state index in [-0.39, 0.29) is 12.1 Å². The number of methoxy groups -OCH3 is 1. The molecule has 0 aliphatic carbocycles. The van der Waals surface area contributed by atoms with E-state index in [2.05, 4.69) is 22.4 Å². The van der Waals surface area contributed by atoms with Gasteiger partial charge in [0.15, 0.2) is 0 Å². The second-order valence-corrected chi connectivity index (χ2v) is 5.32. The largest absolute Gasteiger partial charge is 0.396 e. The van der Waals surface area contributed by atoms with Crippen molar-refractivity contribution in [1.82, 2.24) is 10.3 Å². The number of aliphatic hydroxyl groups is 1. The number of ether oxygens (including phenoxy) is 1. The maximum absolute atomic E-state index is 9.16. The summed E-state index contributed by atoms with van der Waals surface area (Å²) in [5, 5.41) is 13.7. The van der Waals surface area contributed by atoms with E-state index in [0.29, 0.717) is 19.6 Å². The van der Waals surface area contributed by atoms with Gasteiger partial charge in [-0.05, 0) is 25.5 Å². The van der Waals surface area contributed by atoms with Crippen LogP contribution >= 0.6 is 0 Å². The number of pyridine rings is 1. The maximum Gasteiger partial charge on any atom is 0.0705 e. The van der Waals surface area contributed by atoms with Gasteiger partial charge < -0.3 is 15.2 Å². The zero-order valence-corrected chi connectivity index (χ0v) is 12.1. The predicted octanol–water partition coefficient (Wildman–Crippen LogP) is 2.11. The number of rotatable bonds is 7. The first-order valence-corrected chi connectivity index (χ1v) is 6.86. The van der Waals surface area contributed by atoms with Gasteiger partial charge in [-0.2, -0.15) is 0 Å². The molecule has 2 rings (SSSR count). The minimum atomic E-state index is -0.239. The van der Waals surface area contributed by atoms with Crippen LogP contribution in [-0.4, -0.2) is 36.0 Å². The van der Waals surface area contributed by atoms with E-state index < -0.39 is 0 Å². The fraction of sp³-hybridized carbons (Fsp3) is 0.438. The molecule has 1 aromatic heterocycles. The Morgan fingerprint density at radius 2 is 2.05 bits per heavy atom. The molecule has 0 fully saturated rings. The third-order valence-corrected chi connectivity index (χ3v) is 3.48. The SMILES string of the molecule is COCC(C)(CCO)NCc1ccc2ccccc2n1. The molecule has 0 aliphatic rings. The second kappa shape index (κ2) is 6.79. The summed E-state index contributed by atoms with van der Waals surface area (Å²) < 4.78 is 5.22. The quantitative estimate of drug-likeness (QED) is 0.812. The zero-order valence-electron chi connectivity index (χ0n) is 12.1. The monoisotopic (exact) mass is 274 g/mol. The molecule has 0 saturated carbocycles. The number of fused-ring (bicyclic) bond motifs is 1. The van der Waals surface area contributed by atoms with Crippen molar-refractivity contribution >= 4 is 10.9 Å². The Morgan fingerprint density at radius 1 is 1.25 bits per heavy atom. The van der Waals surface area contributed by atoms with Crippen LogP contribution in [0.5, 0.6) is 0 Å². The van der Waals surface area contributed by atoms with E-state index in [0.717, 1.165) is 16.6 Å². The van der Waals surface area contributed by atoms with Crippen molar-refractivity contribution in [3.8, 4) is 0 Å². The van der Waals surface area contributed by atoms with E-state index in [9.17, 15) is 0 Å². The first-order chi connectivity index (χ1) is 9.67. The van der Waals surface area contributed by atoms with Crippen molar-refractivity contribution < 1.29 is 9.84 Å². The molecule has 2 aromatic rings. The molecule has 1 aromatic carbocycles. The topological polar surface area (TPSA) is 54.4 Å². The molecule has 20 heavy (non-hydrogen) atoms. The van der Waals surface area contributed by atoms with Gasteiger partial charge in [0.25, 0.3) is 0 Å².